The normalized spacial score (nSPS) is 11.8. The Labute approximate surface area is 134 Å². The van der Waals surface area contributed by atoms with Gasteiger partial charge < -0.3 is 19.4 Å². The van der Waals surface area contributed by atoms with Crippen LogP contribution in [-0.4, -0.2) is 35.2 Å². The summed E-state index contributed by atoms with van der Waals surface area (Å²) in [5.74, 6) is 1.70. The zero-order chi connectivity index (χ0) is 15.9. The first kappa shape index (κ1) is 16.2. The topological polar surface area (TPSA) is 65.4 Å². The molecular weight excluding hydrogens is 306 g/mol. The number of amides is 1. The monoisotopic (exact) mass is 323 g/mol. The van der Waals surface area contributed by atoms with Crippen LogP contribution in [0.25, 0.3) is 0 Å². The fourth-order valence-corrected chi connectivity index (χ4v) is 2.12. The quantitative estimate of drug-likeness (QED) is 0.829. The van der Waals surface area contributed by atoms with Crippen LogP contribution in [-0.2, 0) is 11.8 Å². The molecule has 2 aromatic rings. The van der Waals surface area contributed by atoms with Crippen molar-refractivity contribution < 1.29 is 14.3 Å². The highest BCUT2D eigenvalue weighted by Crippen LogP contribution is 2.23. The van der Waals surface area contributed by atoms with Crippen LogP contribution in [0.3, 0.4) is 0 Å². The third kappa shape index (κ3) is 3.92. The predicted octanol–water partition coefficient (Wildman–Crippen LogP) is 2.48. The number of aromatic nitrogens is 2. The molecule has 0 spiro atoms. The third-order valence-electron chi connectivity index (χ3n) is 3.14. The Kier molecular flexibility index (Phi) is 5.66. The molecule has 1 atom stereocenters. The standard InChI is InChI=1S/C15H18ClN3O3/c1-19-9-8-17-14(19)13(18-15(20)22-10-7-16)11-3-5-12(21-2)6-4-11/h3-6,8-9,13H,7,10H2,1-2H3,(H,18,20). The molecule has 0 fully saturated rings. The number of alkyl halides is 1. The number of carbonyl (C=O) groups excluding carboxylic acids is 1. The molecule has 118 valence electrons. The third-order valence-corrected chi connectivity index (χ3v) is 3.29. The molecule has 1 N–H and O–H groups in total. The highest BCUT2D eigenvalue weighted by atomic mass is 35.5. The maximum Gasteiger partial charge on any atom is 0.408 e. The van der Waals surface area contributed by atoms with Gasteiger partial charge in [-0.1, -0.05) is 12.1 Å². The van der Waals surface area contributed by atoms with E-state index >= 15 is 0 Å². The first-order valence-corrected chi connectivity index (χ1v) is 7.29. The fraction of sp³-hybridized carbons (Fsp3) is 0.333. The Morgan fingerprint density at radius 3 is 2.68 bits per heavy atom. The minimum Gasteiger partial charge on any atom is -0.497 e. The van der Waals surface area contributed by atoms with E-state index in [9.17, 15) is 4.79 Å². The van der Waals surface area contributed by atoms with Gasteiger partial charge in [-0.15, -0.1) is 11.6 Å². The smallest absolute Gasteiger partial charge is 0.408 e. The first-order valence-electron chi connectivity index (χ1n) is 6.76. The molecule has 0 aliphatic carbocycles. The number of carbonyl (C=O) groups is 1. The number of nitrogens with zero attached hydrogens (tertiary/aromatic N) is 2. The minimum atomic E-state index is -0.538. The number of hydrogen-bond acceptors (Lipinski definition) is 4. The second kappa shape index (κ2) is 7.70. The molecule has 0 aliphatic rings. The summed E-state index contributed by atoms with van der Waals surface area (Å²) >= 11 is 5.52. The number of methoxy groups -OCH3 is 1. The summed E-state index contributed by atoms with van der Waals surface area (Å²) in [5.41, 5.74) is 0.873. The molecule has 7 heteroatoms. The molecule has 0 bridgehead atoms. The van der Waals surface area contributed by atoms with E-state index in [1.54, 1.807) is 13.3 Å². The van der Waals surface area contributed by atoms with Crippen LogP contribution in [0.4, 0.5) is 4.79 Å². The lowest BCUT2D eigenvalue weighted by Gasteiger charge is -2.19. The van der Waals surface area contributed by atoms with Gasteiger partial charge in [0.2, 0.25) is 0 Å². The van der Waals surface area contributed by atoms with Gasteiger partial charge in [-0.2, -0.15) is 0 Å². The lowest BCUT2D eigenvalue weighted by atomic mass is 10.1. The lowest BCUT2D eigenvalue weighted by molar-refractivity contribution is 0.150. The molecule has 1 aromatic carbocycles. The van der Waals surface area contributed by atoms with Crippen molar-refractivity contribution >= 4 is 17.7 Å². The SMILES string of the molecule is COc1ccc(C(NC(=O)OCCCl)c2nccn2C)cc1. The van der Waals surface area contributed by atoms with E-state index in [-0.39, 0.29) is 12.5 Å². The largest absolute Gasteiger partial charge is 0.497 e. The van der Waals surface area contributed by atoms with Crippen molar-refractivity contribution in [3.05, 3.63) is 48.0 Å². The average molecular weight is 324 g/mol. The molecule has 2 rings (SSSR count). The number of benzene rings is 1. The van der Waals surface area contributed by atoms with Crippen molar-refractivity contribution in [1.82, 2.24) is 14.9 Å². The summed E-state index contributed by atoms with van der Waals surface area (Å²) in [6.45, 7) is 0.156. The van der Waals surface area contributed by atoms with Crippen LogP contribution in [0.1, 0.15) is 17.4 Å². The molecule has 1 amide bonds. The van der Waals surface area contributed by atoms with E-state index in [1.807, 2.05) is 42.1 Å². The summed E-state index contributed by atoms with van der Waals surface area (Å²) < 4.78 is 12.0. The minimum absolute atomic E-state index is 0.156. The number of aryl methyl sites for hydroxylation is 1. The van der Waals surface area contributed by atoms with E-state index < -0.39 is 12.1 Å². The number of rotatable bonds is 6. The van der Waals surface area contributed by atoms with Gasteiger partial charge in [0.05, 0.1) is 13.0 Å². The summed E-state index contributed by atoms with van der Waals surface area (Å²) in [6, 6.07) is 6.99. The molecular formula is C15H18ClN3O3. The lowest BCUT2D eigenvalue weighted by Crippen LogP contribution is -2.32. The van der Waals surface area contributed by atoms with Gasteiger partial charge in [-0.3, -0.25) is 0 Å². The van der Waals surface area contributed by atoms with Gasteiger partial charge in [0.15, 0.2) is 0 Å². The molecule has 1 unspecified atom stereocenters. The van der Waals surface area contributed by atoms with Crippen LogP contribution < -0.4 is 10.1 Å². The summed E-state index contributed by atoms with van der Waals surface area (Å²) in [4.78, 5) is 16.2. The molecule has 0 saturated heterocycles. The summed E-state index contributed by atoms with van der Waals surface area (Å²) in [5, 5.41) is 2.80. The van der Waals surface area contributed by atoms with Crippen molar-refractivity contribution in [2.75, 3.05) is 19.6 Å². The van der Waals surface area contributed by atoms with Gasteiger partial charge in [-0.25, -0.2) is 9.78 Å². The van der Waals surface area contributed by atoms with Gasteiger partial charge >= 0.3 is 6.09 Å². The molecule has 0 aliphatic heterocycles. The first-order chi connectivity index (χ1) is 10.7. The number of ether oxygens (including phenoxy) is 2. The molecule has 1 heterocycles. The van der Waals surface area contributed by atoms with E-state index in [2.05, 4.69) is 10.3 Å². The average Bonchev–Trinajstić information content (AvgIpc) is 2.96. The van der Waals surface area contributed by atoms with Crippen molar-refractivity contribution in [3.8, 4) is 5.75 Å². The number of hydrogen-bond donors (Lipinski definition) is 1. The zero-order valence-corrected chi connectivity index (χ0v) is 13.2. The maximum absolute atomic E-state index is 11.9. The number of nitrogens with one attached hydrogen (secondary N) is 1. The van der Waals surface area contributed by atoms with Crippen LogP contribution in [0.15, 0.2) is 36.7 Å². The van der Waals surface area contributed by atoms with Crippen molar-refractivity contribution in [2.24, 2.45) is 7.05 Å². The molecule has 0 radical (unpaired) electrons. The van der Waals surface area contributed by atoms with Gasteiger partial charge in [-0.05, 0) is 17.7 Å². The maximum atomic E-state index is 11.9. The molecule has 1 aromatic heterocycles. The van der Waals surface area contributed by atoms with Crippen LogP contribution in [0.5, 0.6) is 5.75 Å². The van der Waals surface area contributed by atoms with Crippen LogP contribution in [0, 0.1) is 0 Å². The Bertz CT molecular complexity index is 613. The molecule has 6 nitrogen and oxygen atoms in total. The van der Waals surface area contributed by atoms with Crippen LogP contribution in [0.2, 0.25) is 0 Å². The number of alkyl carbamates (subject to hydrolysis) is 1. The van der Waals surface area contributed by atoms with Gasteiger partial charge in [0.1, 0.15) is 24.2 Å². The van der Waals surface area contributed by atoms with Crippen molar-refractivity contribution in [3.63, 3.8) is 0 Å². The Morgan fingerprint density at radius 2 is 2.14 bits per heavy atom. The van der Waals surface area contributed by atoms with E-state index in [4.69, 9.17) is 21.1 Å². The second-order valence-electron chi connectivity index (χ2n) is 4.57. The Morgan fingerprint density at radius 1 is 1.41 bits per heavy atom. The highest BCUT2D eigenvalue weighted by Gasteiger charge is 2.21. The van der Waals surface area contributed by atoms with E-state index in [0.29, 0.717) is 5.82 Å². The van der Waals surface area contributed by atoms with Gasteiger partial charge in [0, 0.05) is 19.4 Å². The zero-order valence-electron chi connectivity index (χ0n) is 12.5. The van der Waals surface area contributed by atoms with Crippen molar-refractivity contribution in [1.29, 1.82) is 0 Å². The summed E-state index contributed by atoms with van der Waals surface area (Å²) in [6.07, 6.45) is 2.96. The second-order valence-corrected chi connectivity index (χ2v) is 4.95. The van der Waals surface area contributed by atoms with Crippen molar-refractivity contribution in [2.45, 2.75) is 6.04 Å². The van der Waals surface area contributed by atoms with Gasteiger partial charge in [0.25, 0.3) is 0 Å². The molecule has 22 heavy (non-hydrogen) atoms. The number of halogens is 1. The fourth-order valence-electron chi connectivity index (χ4n) is 2.04. The van der Waals surface area contributed by atoms with Crippen LogP contribution >= 0.6 is 11.6 Å². The summed E-state index contributed by atoms with van der Waals surface area (Å²) in [7, 11) is 3.47. The number of imidazole rings is 1. The molecule has 0 saturated carbocycles. The highest BCUT2D eigenvalue weighted by molar-refractivity contribution is 6.18. The van der Waals surface area contributed by atoms with E-state index in [1.165, 1.54) is 0 Å². The van der Waals surface area contributed by atoms with E-state index in [0.717, 1.165) is 11.3 Å². The predicted molar refractivity (Wildman–Crippen MR) is 83.2 cm³/mol. The Hall–Kier alpha value is -2.21. The Balaban J connectivity index is 2.25.